The molecule has 0 radical (unpaired) electrons. The maximum absolute atomic E-state index is 14.4. The third-order valence-electron chi connectivity index (χ3n) is 4.57. The number of amides is 1. The number of nitrogens with one attached hydrogen (secondary N) is 1. The first kappa shape index (κ1) is 18.2. The molecule has 1 amide bonds. The third-order valence-corrected chi connectivity index (χ3v) is 5.86. The molecule has 28 heavy (non-hydrogen) atoms. The highest BCUT2D eigenvalue weighted by atomic mass is 32.1. The Morgan fingerprint density at radius 3 is 2.39 bits per heavy atom. The molecular formula is C20H12F3NO3S. The summed E-state index contributed by atoms with van der Waals surface area (Å²) in [6.45, 7) is 0. The van der Waals surface area contributed by atoms with E-state index in [0.717, 1.165) is 23.5 Å². The van der Waals surface area contributed by atoms with Crippen LogP contribution in [-0.4, -0.2) is 17.0 Å². The van der Waals surface area contributed by atoms with Gasteiger partial charge in [0.15, 0.2) is 0 Å². The molecule has 0 spiro atoms. The van der Waals surface area contributed by atoms with Crippen LogP contribution in [0.4, 0.5) is 18.9 Å². The van der Waals surface area contributed by atoms with Crippen molar-refractivity contribution >= 4 is 28.9 Å². The molecule has 0 unspecified atom stereocenters. The van der Waals surface area contributed by atoms with Gasteiger partial charge in [0.25, 0.3) is 0 Å². The Morgan fingerprint density at radius 1 is 1.07 bits per heavy atom. The highest BCUT2D eigenvalue weighted by Crippen LogP contribution is 2.49. The highest BCUT2D eigenvalue weighted by Gasteiger charge is 2.35. The molecule has 8 heteroatoms. The number of anilines is 1. The van der Waals surface area contributed by atoms with E-state index in [4.69, 9.17) is 0 Å². The molecule has 0 saturated heterocycles. The van der Waals surface area contributed by atoms with Gasteiger partial charge >= 0.3 is 5.97 Å². The summed E-state index contributed by atoms with van der Waals surface area (Å²) >= 11 is 0.919. The summed E-state index contributed by atoms with van der Waals surface area (Å²) < 4.78 is 40.9. The lowest BCUT2D eigenvalue weighted by Crippen LogP contribution is -2.23. The number of hydrogen-bond acceptors (Lipinski definition) is 3. The number of rotatable bonds is 3. The fourth-order valence-corrected chi connectivity index (χ4v) is 4.60. The molecule has 2 N–H and O–H groups in total. The third kappa shape index (κ3) is 3.05. The van der Waals surface area contributed by atoms with Crippen LogP contribution < -0.4 is 5.32 Å². The van der Waals surface area contributed by atoms with Gasteiger partial charge < -0.3 is 10.4 Å². The van der Waals surface area contributed by atoms with Crippen molar-refractivity contribution in [2.75, 3.05) is 5.32 Å². The summed E-state index contributed by atoms with van der Waals surface area (Å²) in [6.07, 6.45) is -0.0992. The predicted molar refractivity (Wildman–Crippen MR) is 98.1 cm³/mol. The maximum Gasteiger partial charge on any atom is 0.346 e. The number of aromatic carboxylic acids is 1. The molecule has 0 fully saturated rings. The fourth-order valence-electron chi connectivity index (χ4n) is 3.36. The van der Waals surface area contributed by atoms with Crippen molar-refractivity contribution in [1.82, 2.24) is 0 Å². The smallest absolute Gasteiger partial charge is 0.346 e. The number of hydrogen-bond donors (Lipinski definition) is 2. The minimum atomic E-state index is -1.22. The molecule has 4 rings (SSSR count). The molecule has 0 saturated carbocycles. The van der Waals surface area contributed by atoms with Crippen molar-refractivity contribution < 1.29 is 27.9 Å². The summed E-state index contributed by atoms with van der Waals surface area (Å²) in [5, 5.41) is 12.3. The molecule has 0 aliphatic carbocycles. The van der Waals surface area contributed by atoms with Gasteiger partial charge in [-0.2, -0.15) is 0 Å². The highest BCUT2D eigenvalue weighted by molar-refractivity contribution is 7.15. The fraction of sp³-hybridized carbons (Fsp3) is 0.100. The van der Waals surface area contributed by atoms with Gasteiger partial charge in [0, 0.05) is 28.8 Å². The molecule has 1 aromatic heterocycles. The van der Waals surface area contributed by atoms with Crippen LogP contribution in [0.3, 0.4) is 0 Å². The number of carbonyl (C=O) groups excluding carboxylic acids is 1. The van der Waals surface area contributed by atoms with E-state index in [1.165, 1.54) is 30.3 Å². The van der Waals surface area contributed by atoms with Crippen LogP contribution in [0, 0.1) is 17.5 Å². The molecule has 3 aromatic rings. The second-order valence-corrected chi connectivity index (χ2v) is 7.38. The van der Waals surface area contributed by atoms with E-state index < -0.39 is 35.2 Å². The van der Waals surface area contributed by atoms with E-state index in [1.807, 2.05) is 0 Å². The zero-order chi connectivity index (χ0) is 20.0. The maximum atomic E-state index is 14.4. The van der Waals surface area contributed by atoms with Crippen LogP contribution in [-0.2, 0) is 4.79 Å². The number of carboxylic acid groups (broad SMARTS) is 1. The number of thiophene rings is 1. The van der Waals surface area contributed by atoms with E-state index in [0.29, 0.717) is 10.4 Å². The first-order valence-electron chi connectivity index (χ1n) is 8.26. The summed E-state index contributed by atoms with van der Waals surface area (Å²) in [5.74, 6) is -4.42. The van der Waals surface area contributed by atoms with Crippen molar-refractivity contribution in [3.8, 4) is 11.1 Å². The molecule has 1 aliphatic rings. The van der Waals surface area contributed by atoms with Gasteiger partial charge in [-0.05, 0) is 29.3 Å². The number of carbonyl (C=O) groups is 2. The summed E-state index contributed by atoms with van der Waals surface area (Å²) in [6, 6.07) is 8.29. The Labute approximate surface area is 161 Å². The first-order chi connectivity index (χ1) is 13.3. The predicted octanol–water partition coefficient (Wildman–Crippen LogP) is 5.00. The van der Waals surface area contributed by atoms with Crippen LogP contribution in [0.5, 0.6) is 0 Å². The minimum absolute atomic E-state index is 0.0497. The second-order valence-electron chi connectivity index (χ2n) is 6.33. The Kier molecular flexibility index (Phi) is 4.43. The second kappa shape index (κ2) is 6.79. The van der Waals surface area contributed by atoms with Crippen LogP contribution in [0.2, 0.25) is 0 Å². The average molecular weight is 403 g/mol. The summed E-state index contributed by atoms with van der Waals surface area (Å²) in [7, 11) is 0. The SMILES string of the molecule is O=C1C[C@@H](c2ccc(F)cc2F)c2sc(C(=O)O)c(-c3ccc(F)cc3)c2N1. The van der Waals surface area contributed by atoms with Crippen molar-refractivity contribution in [1.29, 1.82) is 0 Å². The molecule has 1 atom stereocenters. The van der Waals surface area contributed by atoms with E-state index >= 15 is 0 Å². The van der Waals surface area contributed by atoms with Crippen molar-refractivity contribution in [2.45, 2.75) is 12.3 Å². The Balaban J connectivity index is 1.94. The van der Waals surface area contributed by atoms with Gasteiger partial charge in [-0.1, -0.05) is 18.2 Å². The molecule has 142 valence electrons. The lowest BCUT2D eigenvalue weighted by Gasteiger charge is -2.24. The van der Waals surface area contributed by atoms with Crippen molar-refractivity contribution in [3.63, 3.8) is 0 Å². The number of fused-ring (bicyclic) bond motifs is 1. The average Bonchev–Trinajstić information content (AvgIpc) is 3.01. The van der Waals surface area contributed by atoms with Crippen LogP contribution in [0.1, 0.15) is 32.5 Å². The first-order valence-corrected chi connectivity index (χ1v) is 9.07. The quantitative estimate of drug-likeness (QED) is 0.647. The van der Waals surface area contributed by atoms with E-state index in [1.54, 1.807) is 0 Å². The number of halogens is 3. The van der Waals surface area contributed by atoms with Gasteiger partial charge in [-0.15, -0.1) is 11.3 Å². The molecule has 1 aliphatic heterocycles. The van der Waals surface area contributed by atoms with Crippen LogP contribution in [0.15, 0.2) is 42.5 Å². The molecule has 4 nitrogen and oxygen atoms in total. The Bertz CT molecular complexity index is 1110. The van der Waals surface area contributed by atoms with E-state index in [2.05, 4.69) is 5.32 Å². The van der Waals surface area contributed by atoms with Gasteiger partial charge in [0.05, 0.1) is 5.69 Å². The standard InChI is InChI=1S/C20H12F3NO3S/c21-10-3-1-9(2-4-10)16-17-18(28-19(16)20(26)27)13(8-15(25)24-17)12-6-5-11(22)7-14(12)23/h1-7,13H,8H2,(H,24,25)(H,26,27)/t13-/m0/s1. The van der Waals surface area contributed by atoms with Gasteiger partial charge in [0.1, 0.15) is 22.3 Å². The molecule has 0 bridgehead atoms. The Hall–Kier alpha value is -3.13. The lowest BCUT2D eigenvalue weighted by molar-refractivity contribution is -0.116. The van der Waals surface area contributed by atoms with E-state index in [-0.39, 0.29) is 28.1 Å². The largest absolute Gasteiger partial charge is 0.477 e. The topological polar surface area (TPSA) is 66.4 Å². The van der Waals surface area contributed by atoms with Crippen molar-refractivity contribution in [2.24, 2.45) is 0 Å². The Morgan fingerprint density at radius 2 is 1.75 bits per heavy atom. The summed E-state index contributed by atoms with van der Waals surface area (Å²) in [5.41, 5.74) is 1.03. The van der Waals surface area contributed by atoms with Crippen LogP contribution >= 0.6 is 11.3 Å². The molecular weight excluding hydrogens is 391 g/mol. The van der Waals surface area contributed by atoms with Crippen LogP contribution in [0.25, 0.3) is 11.1 Å². The molecule has 2 heterocycles. The zero-order valence-corrected chi connectivity index (χ0v) is 14.9. The normalized spacial score (nSPS) is 15.8. The lowest BCUT2D eigenvalue weighted by atomic mass is 9.88. The molecule has 2 aromatic carbocycles. The minimum Gasteiger partial charge on any atom is -0.477 e. The van der Waals surface area contributed by atoms with Gasteiger partial charge in [0.2, 0.25) is 5.91 Å². The zero-order valence-electron chi connectivity index (χ0n) is 14.1. The van der Waals surface area contributed by atoms with Gasteiger partial charge in [-0.3, -0.25) is 4.79 Å². The number of benzene rings is 2. The van der Waals surface area contributed by atoms with Crippen molar-refractivity contribution in [3.05, 3.63) is 75.2 Å². The number of carboxylic acids is 1. The monoisotopic (exact) mass is 403 g/mol. The summed E-state index contributed by atoms with van der Waals surface area (Å²) in [4.78, 5) is 24.5. The van der Waals surface area contributed by atoms with Gasteiger partial charge in [-0.25, -0.2) is 18.0 Å². The van der Waals surface area contributed by atoms with E-state index in [9.17, 15) is 27.9 Å².